The van der Waals surface area contributed by atoms with Gasteiger partial charge in [-0.1, -0.05) is 19.3 Å². The van der Waals surface area contributed by atoms with Crippen LogP contribution in [0.2, 0.25) is 0 Å². The van der Waals surface area contributed by atoms with Crippen molar-refractivity contribution in [2.75, 3.05) is 13.2 Å². The minimum atomic E-state index is -0.346. The van der Waals surface area contributed by atoms with Gasteiger partial charge in [-0.25, -0.2) is 0 Å². The molecule has 0 aromatic rings. The zero-order chi connectivity index (χ0) is 12.1. The summed E-state index contributed by atoms with van der Waals surface area (Å²) in [5.74, 6) is 0.344. The molecule has 0 radical (unpaired) electrons. The Morgan fingerprint density at radius 2 is 1.72 bits per heavy atom. The number of nitrogens with two attached hydrogens (primary N) is 1. The number of hydrogen-bond donors (Lipinski definition) is 2. The molecule has 0 spiro atoms. The molecule has 2 fully saturated rings. The van der Waals surface area contributed by atoms with Gasteiger partial charge in [-0.05, 0) is 31.6 Å². The van der Waals surface area contributed by atoms with Gasteiger partial charge < -0.3 is 15.8 Å². The van der Waals surface area contributed by atoms with E-state index in [4.69, 9.17) is 10.5 Å². The molecular formula is C13H25ClN2O2. The van der Waals surface area contributed by atoms with Crippen molar-refractivity contribution in [3.8, 4) is 0 Å². The molecule has 18 heavy (non-hydrogen) atoms. The first-order chi connectivity index (χ1) is 8.27. The third-order valence-corrected chi connectivity index (χ3v) is 4.03. The Bertz CT molecular complexity index is 251. The Kier molecular flexibility index (Phi) is 6.97. The summed E-state index contributed by atoms with van der Waals surface area (Å²) in [5, 5.41) is 3.11. The van der Waals surface area contributed by atoms with Gasteiger partial charge in [0.05, 0.1) is 6.04 Å². The highest BCUT2D eigenvalue weighted by Gasteiger charge is 2.28. The van der Waals surface area contributed by atoms with Crippen molar-refractivity contribution in [1.29, 1.82) is 0 Å². The highest BCUT2D eigenvalue weighted by Crippen LogP contribution is 2.20. The van der Waals surface area contributed by atoms with Crippen molar-refractivity contribution in [3.63, 3.8) is 0 Å². The fourth-order valence-electron chi connectivity index (χ4n) is 2.83. The number of rotatable bonds is 3. The smallest absolute Gasteiger partial charge is 0.237 e. The van der Waals surface area contributed by atoms with E-state index in [1.807, 2.05) is 0 Å². The van der Waals surface area contributed by atoms with Gasteiger partial charge in [-0.2, -0.15) is 0 Å². The summed E-state index contributed by atoms with van der Waals surface area (Å²) in [6.07, 6.45) is 7.84. The molecule has 1 aliphatic heterocycles. The van der Waals surface area contributed by atoms with E-state index in [0.29, 0.717) is 12.0 Å². The van der Waals surface area contributed by atoms with Crippen LogP contribution in [0.15, 0.2) is 0 Å². The molecule has 1 unspecified atom stereocenters. The summed E-state index contributed by atoms with van der Waals surface area (Å²) in [6.45, 7) is 1.49. The minimum Gasteiger partial charge on any atom is -0.381 e. The number of carbonyl (C=O) groups is 1. The van der Waals surface area contributed by atoms with E-state index in [1.54, 1.807) is 0 Å². The molecule has 1 saturated carbocycles. The summed E-state index contributed by atoms with van der Waals surface area (Å²) in [7, 11) is 0. The van der Waals surface area contributed by atoms with Crippen LogP contribution >= 0.6 is 12.4 Å². The SMILES string of the molecule is Cl.NC(C(=O)NC1CCCCC1)C1CCOCC1. The van der Waals surface area contributed by atoms with E-state index < -0.39 is 0 Å². The first-order valence-corrected chi connectivity index (χ1v) is 6.91. The topological polar surface area (TPSA) is 64.4 Å². The predicted octanol–water partition coefficient (Wildman–Crippen LogP) is 1.61. The van der Waals surface area contributed by atoms with Crippen molar-refractivity contribution in [3.05, 3.63) is 0 Å². The molecule has 2 rings (SSSR count). The molecule has 1 atom stereocenters. The van der Waals surface area contributed by atoms with Crippen molar-refractivity contribution in [1.82, 2.24) is 5.32 Å². The molecule has 4 nitrogen and oxygen atoms in total. The van der Waals surface area contributed by atoms with Gasteiger partial charge >= 0.3 is 0 Å². The highest BCUT2D eigenvalue weighted by atomic mass is 35.5. The normalized spacial score (nSPS) is 24.1. The standard InChI is InChI=1S/C13H24N2O2.ClH/c14-12(10-6-8-17-9-7-10)13(16)15-11-4-2-1-3-5-11;/h10-12H,1-9,14H2,(H,15,16);1H. The number of ether oxygens (including phenoxy) is 1. The lowest BCUT2D eigenvalue weighted by molar-refractivity contribution is -0.125. The second-order valence-corrected chi connectivity index (χ2v) is 5.32. The third kappa shape index (κ3) is 4.41. The first-order valence-electron chi connectivity index (χ1n) is 6.91. The van der Waals surface area contributed by atoms with Crippen LogP contribution in [0.4, 0.5) is 0 Å². The van der Waals surface area contributed by atoms with Crippen molar-refractivity contribution in [2.45, 2.75) is 57.0 Å². The molecule has 0 aromatic heterocycles. The zero-order valence-corrected chi connectivity index (χ0v) is 11.7. The van der Waals surface area contributed by atoms with Gasteiger partial charge in [0, 0.05) is 19.3 Å². The lowest BCUT2D eigenvalue weighted by Crippen LogP contribution is -2.50. The molecule has 1 amide bonds. The Hall–Kier alpha value is -0.320. The maximum absolute atomic E-state index is 12.0. The molecule has 106 valence electrons. The minimum absolute atomic E-state index is 0. The van der Waals surface area contributed by atoms with Crippen LogP contribution in [-0.4, -0.2) is 31.2 Å². The summed E-state index contributed by atoms with van der Waals surface area (Å²) in [6, 6.07) is 0.0166. The monoisotopic (exact) mass is 276 g/mol. The maximum atomic E-state index is 12.0. The van der Waals surface area contributed by atoms with Gasteiger partial charge in [0.15, 0.2) is 0 Å². The van der Waals surface area contributed by atoms with E-state index in [0.717, 1.165) is 38.9 Å². The largest absolute Gasteiger partial charge is 0.381 e. The molecule has 2 aliphatic rings. The Morgan fingerprint density at radius 1 is 1.11 bits per heavy atom. The van der Waals surface area contributed by atoms with E-state index in [-0.39, 0.29) is 24.4 Å². The fourth-order valence-corrected chi connectivity index (χ4v) is 2.83. The molecule has 1 saturated heterocycles. The van der Waals surface area contributed by atoms with E-state index in [1.165, 1.54) is 19.3 Å². The first kappa shape index (κ1) is 15.7. The molecule has 1 heterocycles. The summed E-state index contributed by atoms with van der Waals surface area (Å²) in [4.78, 5) is 12.0. The van der Waals surface area contributed by atoms with Crippen LogP contribution in [-0.2, 0) is 9.53 Å². The summed E-state index contributed by atoms with van der Waals surface area (Å²) in [5.41, 5.74) is 6.04. The molecule has 1 aliphatic carbocycles. The summed E-state index contributed by atoms with van der Waals surface area (Å²) < 4.78 is 5.29. The van der Waals surface area contributed by atoms with E-state index >= 15 is 0 Å². The van der Waals surface area contributed by atoms with Gasteiger partial charge in [-0.15, -0.1) is 12.4 Å². The van der Waals surface area contributed by atoms with Crippen LogP contribution in [0, 0.1) is 5.92 Å². The van der Waals surface area contributed by atoms with E-state index in [9.17, 15) is 4.79 Å². The molecule has 5 heteroatoms. The van der Waals surface area contributed by atoms with Crippen molar-refractivity contribution in [2.24, 2.45) is 11.7 Å². The average Bonchev–Trinajstić information content (AvgIpc) is 2.40. The highest BCUT2D eigenvalue weighted by molar-refractivity contribution is 5.85. The fraction of sp³-hybridized carbons (Fsp3) is 0.923. The Balaban J connectivity index is 0.00000162. The second-order valence-electron chi connectivity index (χ2n) is 5.32. The summed E-state index contributed by atoms with van der Waals surface area (Å²) >= 11 is 0. The van der Waals surface area contributed by atoms with Gasteiger partial charge in [-0.3, -0.25) is 4.79 Å². The Morgan fingerprint density at radius 3 is 2.33 bits per heavy atom. The number of hydrogen-bond acceptors (Lipinski definition) is 3. The molecule has 3 N–H and O–H groups in total. The van der Waals surface area contributed by atoms with Crippen molar-refractivity contribution >= 4 is 18.3 Å². The van der Waals surface area contributed by atoms with Gasteiger partial charge in [0.1, 0.15) is 0 Å². The quantitative estimate of drug-likeness (QED) is 0.823. The molecular weight excluding hydrogens is 252 g/mol. The van der Waals surface area contributed by atoms with E-state index in [2.05, 4.69) is 5.32 Å². The van der Waals surface area contributed by atoms with Crippen LogP contribution < -0.4 is 11.1 Å². The predicted molar refractivity (Wildman–Crippen MR) is 73.8 cm³/mol. The number of amides is 1. The Labute approximate surface area is 115 Å². The maximum Gasteiger partial charge on any atom is 0.237 e. The third-order valence-electron chi connectivity index (χ3n) is 4.03. The molecule has 0 aromatic carbocycles. The van der Waals surface area contributed by atoms with Crippen molar-refractivity contribution < 1.29 is 9.53 Å². The lowest BCUT2D eigenvalue weighted by atomic mass is 9.90. The number of halogens is 1. The molecule has 0 bridgehead atoms. The zero-order valence-electron chi connectivity index (χ0n) is 10.9. The van der Waals surface area contributed by atoms with Crippen LogP contribution in [0.5, 0.6) is 0 Å². The van der Waals surface area contributed by atoms with Gasteiger partial charge in [0.25, 0.3) is 0 Å². The number of carbonyl (C=O) groups excluding carboxylic acids is 1. The lowest BCUT2D eigenvalue weighted by Gasteiger charge is -2.29. The van der Waals surface area contributed by atoms with Crippen LogP contribution in [0.3, 0.4) is 0 Å². The van der Waals surface area contributed by atoms with Gasteiger partial charge in [0.2, 0.25) is 5.91 Å². The average molecular weight is 277 g/mol. The second kappa shape index (κ2) is 7.97. The van der Waals surface area contributed by atoms with Crippen LogP contribution in [0.1, 0.15) is 44.9 Å². The number of nitrogens with one attached hydrogen (secondary N) is 1. The van der Waals surface area contributed by atoms with Crippen LogP contribution in [0.25, 0.3) is 0 Å².